The van der Waals surface area contributed by atoms with Crippen LogP contribution in [0.15, 0.2) is 71.0 Å². The highest BCUT2D eigenvalue weighted by Crippen LogP contribution is 2.29. The van der Waals surface area contributed by atoms with Gasteiger partial charge < -0.3 is 24.0 Å². The van der Waals surface area contributed by atoms with Crippen molar-refractivity contribution in [1.29, 1.82) is 0 Å². The summed E-state index contributed by atoms with van der Waals surface area (Å²) in [6.07, 6.45) is 4.02. The fraction of sp³-hybridized carbons (Fsp3) is 0.500. The first-order valence-corrected chi connectivity index (χ1v) is 18.5. The number of benzene rings is 2. The number of hydrogen-bond acceptors (Lipinski definition) is 9. The minimum Gasteiger partial charge on any atom is -0.490 e. The third-order valence-corrected chi connectivity index (χ3v) is 11.3. The molecule has 0 bridgehead atoms. The fourth-order valence-corrected chi connectivity index (χ4v) is 7.54. The number of aryl methyl sites for hydroxylation is 1. The molecule has 1 aromatic heterocycles. The Balaban J connectivity index is 1.68. The van der Waals surface area contributed by atoms with Gasteiger partial charge in [0, 0.05) is 51.6 Å². The van der Waals surface area contributed by atoms with E-state index in [1.165, 1.54) is 45.5 Å². The predicted octanol–water partition coefficient (Wildman–Crippen LogP) is 3.34. The number of anilines is 1. The van der Waals surface area contributed by atoms with Crippen LogP contribution in [0.4, 0.5) is 5.69 Å². The zero-order chi connectivity index (χ0) is 34.4. The van der Waals surface area contributed by atoms with Crippen LogP contribution in [0.3, 0.4) is 0 Å². The lowest BCUT2D eigenvalue weighted by atomic mass is 10.0. The predicted molar refractivity (Wildman–Crippen MR) is 177 cm³/mol. The first-order valence-electron chi connectivity index (χ1n) is 15.6. The van der Waals surface area contributed by atoms with Gasteiger partial charge >= 0.3 is 0 Å². The number of nitrogens with one attached hydrogen (secondary N) is 1. The number of rotatable bonds is 9. The monoisotopic (exact) mass is 691 g/mol. The Hall–Kier alpha value is -3.50. The summed E-state index contributed by atoms with van der Waals surface area (Å²) >= 11 is 0. The lowest BCUT2D eigenvalue weighted by Crippen LogP contribution is -2.48. The summed E-state index contributed by atoms with van der Waals surface area (Å²) in [6, 6.07) is 12.0. The maximum atomic E-state index is 14.3. The smallest absolute Gasteiger partial charge is 0.280 e. The fourth-order valence-electron chi connectivity index (χ4n) is 5.31. The Morgan fingerprint density at radius 1 is 1.11 bits per heavy atom. The Labute approximate surface area is 277 Å². The SMILES string of the molecule is C[C@@H]1CCCCO[C@H](CN(C)S(=O)(=O)c2ccccc2)[C@@H](C)CN([C@@H](C)CO)C(=O)c2cc(NS(=O)(=O)c3cn(C)cn3)ccc2O1. The molecule has 2 N–H and O–H groups in total. The number of fused-ring (bicyclic) bond motifs is 1. The van der Waals surface area contributed by atoms with Crippen LogP contribution in [-0.4, -0.2) is 98.2 Å². The average Bonchev–Trinajstić information content (AvgIpc) is 3.49. The largest absolute Gasteiger partial charge is 0.490 e. The quantitative estimate of drug-likeness (QED) is 0.343. The molecule has 0 saturated carbocycles. The van der Waals surface area contributed by atoms with E-state index in [4.69, 9.17) is 9.47 Å². The highest BCUT2D eigenvalue weighted by molar-refractivity contribution is 7.92. The van der Waals surface area contributed by atoms with Gasteiger partial charge in [-0.15, -0.1) is 0 Å². The summed E-state index contributed by atoms with van der Waals surface area (Å²) in [7, 11) is -4.69. The molecule has 2 heterocycles. The van der Waals surface area contributed by atoms with E-state index < -0.39 is 38.1 Å². The maximum Gasteiger partial charge on any atom is 0.280 e. The van der Waals surface area contributed by atoms with Crippen molar-refractivity contribution >= 4 is 31.6 Å². The van der Waals surface area contributed by atoms with Crippen molar-refractivity contribution in [2.75, 3.05) is 38.1 Å². The lowest BCUT2D eigenvalue weighted by Gasteiger charge is -2.35. The van der Waals surface area contributed by atoms with Crippen LogP contribution in [0, 0.1) is 5.92 Å². The van der Waals surface area contributed by atoms with Gasteiger partial charge in [0.2, 0.25) is 10.0 Å². The minimum absolute atomic E-state index is 0.0451. The summed E-state index contributed by atoms with van der Waals surface area (Å²) in [5.41, 5.74) is 0.252. The molecule has 0 saturated heterocycles. The van der Waals surface area contributed by atoms with Gasteiger partial charge in [0.25, 0.3) is 15.9 Å². The van der Waals surface area contributed by atoms with Crippen LogP contribution < -0.4 is 9.46 Å². The van der Waals surface area contributed by atoms with Crippen molar-refractivity contribution in [2.24, 2.45) is 13.0 Å². The van der Waals surface area contributed by atoms with Gasteiger partial charge in [0.05, 0.1) is 41.6 Å². The van der Waals surface area contributed by atoms with E-state index in [1.54, 1.807) is 50.4 Å². The zero-order valence-electron chi connectivity index (χ0n) is 27.4. The summed E-state index contributed by atoms with van der Waals surface area (Å²) in [5, 5.41) is 10.0. The standard InChI is InChI=1S/C32H45N5O8S2/c1-23-18-37(24(2)21-38)32(39)28-17-26(34-46(40,41)31-20-35(4)22-33-31)14-15-29(28)45-25(3)11-9-10-16-44-30(23)19-36(5)47(42,43)27-12-7-6-8-13-27/h6-8,12-15,17,20,22-25,30,34,38H,9-11,16,18-19,21H2,1-5H3/t23-,24-,25+,30+/m0/s1. The molecule has 1 aliphatic rings. The van der Waals surface area contributed by atoms with Gasteiger partial charge in [-0.05, 0) is 63.4 Å². The molecule has 2 aromatic carbocycles. The number of sulfonamides is 2. The van der Waals surface area contributed by atoms with Crippen molar-refractivity contribution in [3.05, 3.63) is 66.6 Å². The number of aliphatic hydroxyl groups is 1. The van der Waals surface area contributed by atoms with Crippen molar-refractivity contribution < 1.29 is 36.2 Å². The van der Waals surface area contributed by atoms with Crippen molar-refractivity contribution in [3.63, 3.8) is 0 Å². The van der Waals surface area contributed by atoms with Crippen LogP contribution >= 0.6 is 0 Å². The molecular weight excluding hydrogens is 647 g/mol. The topological polar surface area (TPSA) is 160 Å². The van der Waals surface area contributed by atoms with Crippen LogP contribution in [-0.2, 0) is 31.8 Å². The second kappa shape index (κ2) is 15.6. The molecule has 0 aliphatic carbocycles. The van der Waals surface area contributed by atoms with Crippen LogP contribution in [0.1, 0.15) is 50.4 Å². The molecule has 0 fully saturated rings. The molecule has 258 valence electrons. The number of amides is 1. The van der Waals surface area contributed by atoms with Crippen molar-refractivity contribution in [3.8, 4) is 5.75 Å². The molecule has 47 heavy (non-hydrogen) atoms. The van der Waals surface area contributed by atoms with Gasteiger partial charge in [-0.1, -0.05) is 25.1 Å². The number of hydrogen-bond donors (Lipinski definition) is 2. The number of carbonyl (C=O) groups is 1. The molecule has 3 aromatic rings. The number of aliphatic hydroxyl groups excluding tert-OH is 1. The van der Waals surface area contributed by atoms with E-state index >= 15 is 0 Å². The second-order valence-corrected chi connectivity index (χ2v) is 15.8. The maximum absolute atomic E-state index is 14.3. The molecular formula is C32H45N5O8S2. The lowest BCUT2D eigenvalue weighted by molar-refractivity contribution is -0.00833. The summed E-state index contributed by atoms with van der Waals surface area (Å²) in [4.78, 5) is 19.9. The first kappa shape index (κ1) is 36.3. The van der Waals surface area contributed by atoms with Crippen LogP contribution in [0.5, 0.6) is 5.75 Å². The molecule has 0 spiro atoms. The molecule has 0 radical (unpaired) electrons. The first-order chi connectivity index (χ1) is 22.2. The normalized spacial score (nSPS) is 21.0. The van der Waals surface area contributed by atoms with Gasteiger partial charge in [0.15, 0.2) is 5.03 Å². The molecule has 13 nitrogen and oxygen atoms in total. The van der Waals surface area contributed by atoms with E-state index in [2.05, 4.69) is 9.71 Å². The number of likely N-dealkylation sites (N-methyl/N-ethyl adjacent to an activating group) is 1. The molecule has 15 heteroatoms. The number of ether oxygens (including phenoxy) is 2. The van der Waals surface area contributed by atoms with Gasteiger partial charge in [0.1, 0.15) is 5.75 Å². The summed E-state index contributed by atoms with van der Waals surface area (Å²) in [6.45, 7) is 5.67. The molecule has 0 unspecified atom stereocenters. The third-order valence-electron chi connectivity index (χ3n) is 8.15. The zero-order valence-corrected chi connectivity index (χ0v) is 29.1. The van der Waals surface area contributed by atoms with E-state index in [1.807, 2.05) is 13.8 Å². The average molecular weight is 692 g/mol. The third kappa shape index (κ3) is 9.11. The number of imidazole rings is 1. The van der Waals surface area contributed by atoms with Gasteiger partial charge in [-0.25, -0.2) is 13.4 Å². The minimum atomic E-state index is -4.05. The van der Waals surface area contributed by atoms with Gasteiger partial charge in [-0.3, -0.25) is 9.52 Å². The summed E-state index contributed by atoms with van der Waals surface area (Å²) in [5.74, 6) is -0.566. The number of carbonyl (C=O) groups excluding carboxylic acids is 1. The number of aromatic nitrogens is 2. The Kier molecular flexibility index (Phi) is 12.1. The van der Waals surface area contributed by atoms with Crippen LogP contribution in [0.2, 0.25) is 0 Å². The Bertz CT molecular complexity index is 1720. The molecule has 1 aliphatic heterocycles. The Morgan fingerprint density at radius 2 is 1.83 bits per heavy atom. The van der Waals surface area contributed by atoms with E-state index in [0.29, 0.717) is 19.4 Å². The molecule has 4 rings (SSSR count). The summed E-state index contributed by atoms with van der Waals surface area (Å²) < 4.78 is 70.5. The van der Waals surface area contributed by atoms with Crippen molar-refractivity contribution in [1.82, 2.24) is 18.8 Å². The number of nitrogens with zero attached hydrogens (tertiary/aromatic N) is 4. The highest BCUT2D eigenvalue weighted by atomic mass is 32.2. The van der Waals surface area contributed by atoms with E-state index in [9.17, 15) is 26.7 Å². The molecule has 4 atom stereocenters. The second-order valence-electron chi connectivity index (χ2n) is 12.1. The van der Waals surface area contributed by atoms with E-state index in [-0.39, 0.29) is 58.6 Å². The Morgan fingerprint density at radius 3 is 2.49 bits per heavy atom. The van der Waals surface area contributed by atoms with Crippen LogP contribution in [0.25, 0.3) is 0 Å². The van der Waals surface area contributed by atoms with E-state index in [0.717, 1.165) is 6.42 Å². The highest BCUT2D eigenvalue weighted by Gasteiger charge is 2.32. The molecule has 1 amide bonds. The van der Waals surface area contributed by atoms with Gasteiger partial charge in [-0.2, -0.15) is 12.7 Å². The van der Waals surface area contributed by atoms with Crippen molar-refractivity contribution in [2.45, 2.75) is 68.2 Å².